The van der Waals surface area contributed by atoms with E-state index in [0.717, 1.165) is 68.6 Å². The van der Waals surface area contributed by atoms with Gasteiger partial charge in [0.15, 0.2) is 11.8 Å². The zero-order valence-corrected chi connectivity index (χ0v) is 64.2. The monoisotopic (exact) mass is 1380 g/mol. The summed E-state index contributed by atoms with van der Waals surface area (Å²) in [5.74, 6) is 5.29. The van der Waals surface area contributed by atoms with Gasteiger partial charge in [0.1, 0.15) is 11.4 Å². The highest BCUT2D eigenvalue weighted by Crippen LogP contribution is 2.32. The van der Waals surface area contributed by atoms with E-state index >= 15 is 0 Å². The lowest BCUT2D eigenvalue weighted by molar-refractivity contribution is 0.570. The molecule has 0 amide bonds. The Morgan fingerprint density at radius 1 is 0.476 bits per heavy atom. The number of anilines is 3. The van der Waals surface area contributed by atoms with Crippen molar-refractivity contribution < 1.29 is 4.42 Å². The lowest BCUT2D eigenvalue weighted by atomic mass is 9.86. The summed E-state index contributed by atoms with van der Waals surface area (Å²) in [6.07, 6.45) is 10.5. The Balaban J connectivity index is 0.000000137. The highest BCUT2D eigenvalue weighted by atomic mass is 16.3. The number of hydrogen-bond donors (Lipinski definition) is 7. The van der Waals surface area contributed by atoms with Gasteiger partial charge in [0, 0.05) is 65.0 Å². The van der Waals surface area contributed by atoms with Gasteiger partial charge in [-0.2, -0.15) is 5.10 Å². The summed E-state index contributed by atoms with van der Waals surface area (Å²) in [7, 11) is 0. The first-order valence-electron chi connectivity index (χ1n) is 36.4. The number of pyridine rings is 3. The predicted molar refractivity (Wildman–Crippen MR) is 438 cm³/mol. The summed E-state index contributed by atoms with van der Waals surface area (Å²) in [4.78, 5) is 31.3. The summed E-state index contributed by atoms with van der Waals surface area (Å²) < 4.78 is 5.25. The first kappa shape index (κ1) is 76.6. The molecule has 14 heteroatoms. The largest absolute Gasteiger partial charge is 0.464 e. The molecule has 15 aromatic rings. The van der Waals surface area contributed by atoms with Crippen LogP contribution in [0.25, 0.3) is 76.5 Å². The third kappa shape index (κ3) is 19.9. The standard InChI is InChI=1S/C14H16.C13H15N.C11H14N2.C11H12O.2C10H13N3.C10H14N2.C10H12N2/c1-14(2,3)13-9-8-11-6-4-5-7-12(11)10-13;1-13(2,3)12-8-10-6-4-5-7-11(10)9-14-12;1-7(2)9-5-4-6-10-11(9)13-8(3)12-10;1-8(2)9-3-4-11-10(7-9)5-6-12-11;1-6(2)7-4-3-5-8-9(7)13-10(11)12-8;1-6(2)7-4-3-5-8-9(7)12-13-10(8)11;2*1-7(2)8-3-5-11-9-4-6-12-10(8)9/h4-10H,1-3H3;4-9H,1-3H3;4-7H,1-3H3,(H,12,13);3-8H,1-2H3;2*3-6H,1-2H3,(H3,11,12,13);3,5,7,12H,4,6H2,1-2H3;3-7,12H,1-2H3. The summed E-state index contributed by atoms with van der Waals surface area (Å²) in [5, 5.41) is 17.7. The summed E-state index contributed by atoms with van der Waals surface area (Å²) in [5.41, 5.74) is 33.2. The van der Waals surface area contributed by atoms with Crippen molar-refractivity contribution >= 4 is 94.0 Å². The average Bonchev–Trinajstić information content (AvgIpc) is 0.861. The first-order chi connectivity index (χ1) is 49.1. The molecule has 0 fully saturated rings. The number of imidazole rings is 2. The van der Waals surface area contributed by atoms with Gasteiger partial charge in [-0.05, 0) is 164 Å². The Labute approximate surface area is 609 Å². The van der Waals surface area contributed by atoms with E-state index in [4.69, 9.17) is 15.9 Å². The number of nitrogen functional groups attached to an aromatic ring is 2. The minimum Gasteiger partial charge on any atom is -0.464 e. The molecule has 0 bridgehead atoms. The van der Waals surface area contributed by atoms with Gasteiger partial charge in [0.2, 0.25) is 0 Å². The van der Waals surface area contributed by atoms with Gasteiger partial charge in [-0.15, -0.1) is 0 Å². The van der Waals surface area contributed by atoms with E-state index in [1.165, 1.54) is 82.8 Å². The molecule has 0 atom stereocenters. The molecule has 0 radical (unpaired) electrons. The number of aryl methyl sites for hydroxylation is 1. The SMILES string of the molecule is CC(C)(C)c1cc2ccccc2cn1.CC(C)(C)c1ccc2ccccc2c1.CC(C)c1ccc2occc2c1.CC(C)c1cccc2[nH]c(N)nc12.CC(C)c1cccc2c(N)n[nH]c12.CC(C)c1ccnc2c1NCC2.CC(C)c1ccnc2cc[nH]c12.Cc1nc2c(C(C)C)cccc2[nH]1. The Kier molecular flexibility index (Phi) is 25.6. The smallest absolute Gasteiger partial charge is 0.198 e. The topological polar surface area (TPSA) is 218 Å². The van der Waals surface area contributed by atoms with Gasteiger partial charge < -0.3 is 36.2 Å². The average molecular weight is 1380 g/mol. The molecule has 9 heterocycles. The second kappa shape index (κ2) is 34.4. The van der Waals surface area contributed by atoms with E-state index in [-0.39, 0.29) is 10.8 Å². The van der Waals surface area contributed by atoms with Crippen molar-refractivity contribution in [2.75, 3.05) is 23.3 Å². The van der Waals surface area contributed by atoms with Crippen LogP contribution in [0.15, 0.2) is 205 Å². The normalized spacial score (nSPS) is 11.9. The number of nitrogens with two attached hydrogens (primary N) is 2. The maximum Gasteiger partial charge on any atom is 0.198 e. The Hall–Kier alpha value is -10.6. The molecule has 16 rings (SSSR count). The Morgan fingerprint density at radius 2 is 1.06 bits per heavy atom. The molecule has 9 N–H and O–H groups in total. The maximum atomic E-state index is 5.70. The highest BCUT2D eigenvalue weighted by molar-refractivity contribution is 5.91. The van der Waals surface area contributed by atoms with Gasteiger partial charge in [0.25, 0.3) is 0 Å². The van der Waals surface area contributed by atoms with E-state index in [0.29, 0.717) is 47.3 Å². The molecule has 1 aliphatic heterocycles. The molecular formula is C89H109N13O. The molecule has 0 spiro atoms. The molecular weight excluding hydrogens is 1270 g/mol. The van der Waals surface area contributed by atoms with Gasteiger partial charge in [-0.3, -0.25) is 20.1 Å². The van der Waals surface area contributed by atoms with Crippen LogP contribution in [-0.4, -0.2) is 56.6 Å². The summed E-state index contributed by atoms with van der Waals surface area (Å²) in [6.45, 7) is 42.5. The predicted octanol–water partition coefficient (Wildman–Crippen LogP) is 23.6. The Morgan fingerprint density at radius 3 is 1.70 bits per heavy atom. The van der Waals surface area contributed by atoms with Crippen molar-refractivity contribution in [1.29, 1.82) is 0 Å². The van der Waals surface area contributed by atoms with Gasteiger partial charge >= 0.3 is 0 Å². The second-order valence-electron chi connectivity index (χ2n) is 30.5. The van der Waals surface area contributed by atoms with Crippen LogP contribution in [-0.2, 0) is 17.3 Å². The number of aromatic nitrogens is 10. The molecule has 1 aliphatic rings. The molecule has 0 aliphatic carbocycles. The number of aromatic amines is 4. The van der Waals surface area contributed by atoms with E-state index < -0.39 is 0 Å². The molecule has 0 saturated heterocycles. The molecule has 103 heavy (non-hydrogen) atoms. The van der Waals surface area contributed by atoms with Crippen LogP contribution in [0.4, 0.5) is 17.5 Å². The molecule has 8 aromatic heterocycles. The van der Waals surface area contributed by atoms with Crippen molar-refractivity contribution in [1.82, 2.24) is 50.1 Å². The third-order valence-electron chi connectivity index (χ3n) is 18.4. The number of nitrogens with one attached hydrogen (secondary N) is 5. The highest BCUT2D eigenvalue weighted by Gasteiger charge is 2.19. The zero-order valence-electron chi connectivity index (χ0n) is 64.2. The number of para-hydroxylation sites is 3. The van der Waals surface area contributed by atoms with Gasteiger partial charge in [-0.1, -0.05) is 234 Å². The number of rotatable bonds is 6. The van der Waals surface area contributed by atoms with Gasteiger partial charge in [-0.25, -0.2) is 9.97 Å². The van der Waals surface area contributed by atoms with Crippen molar-refractivity contribution in [2.45, 2.75) is 184 Å². The van der Waals surface area contributed by atoms with E-state index in [1.54, 1.807) is 6.26 Å². The molecule has 536 valence electrons. The van der Waals surface area contributed by atoms with Crippen LogP contribution in [0, 0.1) is 6.92 Å². The molecule has 0 saturated carbocycles. The van der Waals surface area contributed by atoms with Gasteiger partial charge in [0.05, 0.1) is 56.3 Å². The van der Waals surface area contributed by atoms with Crippen molar-refractivity contribution in [3.05, 3.63) is 257 Å². The van der Waals surface area contributed by atoms with E-state index in [9.17, 15) is 0 Å². The fourth-order valence-electron chi connectivity index (χ4n) is 12.4. The molecule has 14 nitrogen and oxygen atoms in total. The second-order valence-corrected chi connectivity index (χ2v) is 30.5. The summed E-state index contributed by atoms with van der Waals surface area (Å²) in [6, 6.07) is 58.8. The zero-order chi connectivity index (χ0) is 74.3. The number of fused-ring (bicyclic) bond motifs is 8. The molecule has 7 aromatic carbocycles. The fourth-order valence-corrected chi connectivity index (χ4v) is 12.4. The van der Waals surface area contributed by atoms with E-state index in [1.807, 2.05) is 80.2 Å². The maximum absolute atomic E-state index is 5.70. The number of hydrogen-bond acceptors (Lipinski definition) is 10. The lowest BCUT2D eigenvalue weighted by Crippen LogP contribution is -2.12. The third-order valence-corrected chi connectivity index (χ3v) is 18.4. The molecule has 0 unspecified atom stereocenters. The first-order valence-corrected chi connectivity index (χ1v) is 36.4. The minimum absolute atomic E-state index is 0.129. The lowest BCUT2D eigenvalue weighted by Gasteiger charge is -2.19. The minimum atomic E-state index is 0.129. The van der Waals surface area contributed by atoms with E-state index in [2.05, 4.69) is 301 Å². The fraction of sp³-hybridized carbons (Fsp3) is 0.326. The van der Waals surface area contributed by atoms with Crippen molar-refractivity contribution in [2.24, 2.45) is 0 Å². The number of H-pyrrole nitrogens is 4. The van der Waals surface area contributed by atoms with Crippen LogP contribution >= 0.6 is 0 Å². The van der Waals surface area contributed by atoms with Crippen LogP contribution in [0.1, 0.15) is 216 Å². The number of nitrogens with zero attached hydrogens (tertiary/aromatic N) is 6. The van der Waals surface area contributed by atoms with Crippen molar-refractivity contribution in [3.8, 4) is 0 Å². The number of furan rings is 1. The van der Waals surface area contributed by atoms with Crippen LogP contribution < -0.4 is 16.8 Å². The number of benzene rings is 7. The van der Waals surface area contributed by atoms with Crippen molar-refractivity contribution in [3.63, 3.8) is 0 Å². The Bertz CT molecular complexity index is 5000. The summed E-state index contributed by atoms with van der Waals surface area (Å²) >= 11 is 0. The van der Waals surface area contributed by atoms with Crippen LogP contribution in [0.3, 0.4) is 0 Å². The van der Waals surface area contributed by atoms with Crippen LogP contribution in [0.5, 0.6) is 0 Å². The quantitative estimate of drug-likeness (QED) is 0.0835. The van der Waals surface area contributed by atoms with Crippen LogP contribution in [0.2, 0.25) is 0 Å².